The van der Waals surface area contributed by atoms with Crippen LogP contribution in [-0.2, 0) is 17.8 Å². The van der Waals surface area contributed by atoms with Gasteiger partial charge in [0.05, 0.1) is 18.0 Å². The van der Waals surface area contributed by atoms with Crippen LogP contribution in [0.4, 0.5) is 0 Å². The zero-order valence-electron chi connectivity index (χ0n) is 23.2. The molecule has 1 unspecified atom stereocenters. The Morgan fingerprint density at radius 2 is 1.45 bits per heavy atom. The van der Waals surface area contributed by atoms with Gasteiger partial charge in [0.15, 0.2) is 23.0 Å². The van der Waals surface area contributed by atoms with Crippen molar-refractivity contribution >= 4 is 0 Å². The van der Waals surface area contributed by atoms with Crippen molar-refractivity contribution in [1.29, 1.82) is 0 Å². The Kier molecular flexibility index (Phi) is 7.97. The number of methoxy groups -OCH3 is 1. The van der Waals surface area contributed by atoms with Crippen LogP contribution in [0.5, 0.6) is 23.0 Å². The normalized spacial score (nSPS) is 17.2. The molecule has 0 spiro atoms. The molecule has 0 fully saturated rings. The Balaban J connectivity index is 1.31. The summed E-state index contributed by atoms with van der Waals surface area (Å²) in [6, 6.07) is 23.1. The van der Waals surface area contributed by atoms with E-state index in [1.807, 2.05) is 12.1 Å². The van der Waals surface area contributed by atoms with Crippen LogP contribution in [0.3, 0.4) is 0 Å². The first kappa shape index (κ1) is 26.3. The Morgan fingerprint density at radius 3 is 2.05 bits per heavy atom. The first-order chi connectivity index (χ1) is 19.7. The molecule has 8 heteroatoms. The van der Waals surface area contributed by atoms with Crippen LogP contribution in [0.25, 0.3) is 0 Å². The molecule has 0 aromatic heterocycles. The Hall–Kier alpha value is -3.88. The van der Waals surface area contributed by atoms with Crippen LogP contribution in [-0.4, -0.2) is 50.2 Å². The summed E-state index contributed by atoms with van der Waals surface area (Å²) in [5.74, 6) is 3.20. The van der Waals surface area contributed by atoms with Crippen molar-refractivity contribution < 1.29 is 23.7 Å². The Labute approximate surface area is 236 Å². The maximum Gasteiger partial charge on any atom is 0.231 e. The average molecular weight is 544 g/mol. The molecule has 3 aliphatic rings. The molecular formula is C32H37N3O5. The number of nitrogens with zero attached hydrogens (tertiary/aromatic N) is 2. The maximum absolute atomic E-state index is 5.69. The molecule has 210 valence electrons. The van der Waals surface area contributed by atoms with Crippen LogP contribution >= 0.6 is 0 Å². The van der Waals surface area contributed by atoms with Gasteiger partial charge >= 0.3 is 0 Å². The molecule has 3 aromatic carbocycles. The Bertz CT molecular complexity index is 1290. The second kappa shape index (κ2) is 12.1. The number of benzene rings is 3. The third-order valence-corrected chi connectivity index (χ3v) is 7.53. The molecular weight excluding hydrogens is 506 g/mol. The number of nitrogens with one attached hydrogen (secondary N) is 1. The van der Waals surface area contributed by atoms with E-state index in [0.717, 1.165) is 67.7 Å². The highest BCUT2D eigenvalue weighted by atomic mass is 16.7. The molecule has 1 atom stereocenters. The lowest BCUT2D eigenvalue weighted by Crippen LogP contribution is -2.34. The van der Waals surface area contributed by atoms with E-state index < -0.39 is 0 Å². The van der Waals surface area contributed by atoms with E-state index in [4.69, 9.17) is 23.7 Å². The van der Waals surface area contributed by atoms with Gasteiger partial charge in [-0.3, -0.25) is 4.90 Å². The lowest BCUT2D eigenvalue weighted by Gasteiger charge is -2.32. The van der Waals surface area contributed by atoms with Gasteiger partial charge in [-0.05, 0) is 47.4 Å². The molecule has 3 aliphatic heterocycles. The van der Waals surface area contributed by atoms with Gasteiger partial charge in [-0.1, -0.05) is 55.8 Å². The van der Waals surface area contributed by atoms with Gasteiger partial charge in [0.25, 0.3) is 0 Å². The van der Waals surface area contributed by atoms with Crippen LogP contribution in [0.2, 0.25) is 0 Å². The highest BCUT2D eigenvalue weighted by molar-refractivity contribution is 5.45. The minimum absolute atomic E-state index is 0.0748. The molecule has 40 heavy (non-hydrogen) atoms. The molecule has 8 nitrogen and oxygen atoms in total. The standard InChI is InChI=1S/C32H37N3O5/c1-3-4-14-35-27(26(20-36-2)33-32(35)25-8-6-5-7-9-25)19-34(17-23-10-12-28-30(15-23)39-21-37-28)18-24-11-13-29-31(16-24)40-22-38-29/h5-13,15-16,32-33H,3-4,14,17-22H2,1-2H3. The van der Waals surface area contributed by atoms with Crippen LogP contribution in [0.1, 0.15) is 42.6 Å². The molecule has 1 N–H and O–H groups in total. The fraction of sp³-hybridized carbons (Fsp3) is 0.375. The van der Waals surface area contributed by atoms with E-state index in [1.54, 1.807) is 7.11 Å². The molecule has 3 heterocycles. The lowest BCUT2D eigenvalue weighted by molar-refractivity contribution is 0.173. The minimum atomic E-state index is 0.0748. The maximum atomic E-state index is 5.69. The molecule has 3 aromatic rings. The van der Waals surface area contributed by atoms with Gasteiger partial charge in [-0.25, -0.2) is 0 Å². The van der Waals surface area contributed by atoms with Gasteiger partial charge in [0.2, 0.25) is 13.6 Å². The number of hydrogen-bond acceptors (Lipinski definition) is 8. The van der Waals surface area contributed by atoms with Crippen molar-refractivity contribution in [1.82, 2.24) is 15.1 Å². The van der Waals surface area contributed by atoms with Crippen LogP contribution in [0.15, 0.2) is 78.1 Å². The largest absolute Gasteiger partial charge is 0.454 e. The molecule has 0 radical (unpaired) electrons. The van der Waals surface area contributed by atoms with E-state index in [9.17, 15) is 0 Å². The van der Waals surface area contributed by atoms with E-state index in [0.29, 0.717) is 6.61 Å². The van der Waals surface area contributed by atoms with E-state index in [2.05, 4.69) is 76.6 Å². The van der Waals surface area contributed by atoms with E-state index in [-0.39, 0.29) is 19.8 Å². The van der Waals surface area contributed by atoms with Crippen LogP contribution in [0, 0.1) is 0 Å². The first-order valence-corrected chi connectivity index (χ1v) is 14.0. The van der Waals surface area contributed by atoms with Crippen molar-refractivity contribution in [3.05, 3.63) is 94.8 Å². The lowest BCUT2D eigenvalue weighted by atomic mass is 10.1. The smallest absolute Gasteiger partial charge is 0.231 e. The summed E-state index contributed by atoms with van der Waals surface area (Å²) >= 11 is 0. The molecule has 0 saturated heterocycles. The average Bonchev–Trinajstić information content (AvgIpc) is 3.71. The minimum Gasteiger partial charge on any atom is -0.454 e. The zero-order chi connectivity index (χ0) is 27.3. The molecule has 0 aliphatic carbocycles. The predicted molar refractivity (Wildman–Crippen MR) is 152 cm³/mol. The highest BCUT2D eigenvalue weighted by Gasteiger charge is 2.33. The third kappa shape index (κ3) is 5.69. The summed E-state index contributed by atoms with van der Waals surface area (Å²) in [5.41, 5.74) is 5.99. The van der Waals surface area contributed by atoms with Crippen molar-refractivity contribution in [3.8, 4) is 23.0 Å². The van der Waals surface area contributed by atoms with Gasteiger partial charge in [0.1, 0.15) is 6.17 Å². The molecule has 6 rings (SSSR count). The second-order valence-electron chi connectivity index (χ2n) is 10.4. The summed E-state index contributed by atoms with van der Waals surface area (Å²) in [6.07, 6.45) is 2.31. The highest BCUT2D eigenvalue weighted by Crippen LogP contribution is 2.36. The third-order valence-electron chi connectivity index (χ3n) is 7.53. The van der Waals surface area contributed by atoms with Gasteiger partial charge in [0, 0.05) is 33.3 Å². The zero-order valence-corrected chi connectivity index (χ0v) is 23.2. The summed E-state index contributed by atoms with van der Waals surface area (Å²) in [7, 11) is 1.76. The van der Waals surface area contributed by atoms with Crippen LogP contribution < -0.4 is 24.3 Å². The molecule has 0 bridgehead atoms. The van der Waals surface area contributed by atoms with E-state index >= 15 is 0 Å². The quantitative estimate of drug-likeness (QED) is 0.326. The Morgan fingerprint density at radius 1 is 0.825 bits per heavy atom. The van der Waals surface area contributed by atoms with Crippen molar-refractivity contribution in [2.24, 2.45) is 0 Å². The first-order valence-electron chi connectivity index (χ1n) is 14.0. The fourth-order valence-corrected chi connectivity index (χ4v) is 5.58. The van der Waals surface area contributed by atoms with Crippen molar-refractivity contribution in [2.75, 3.05) is 40.4 Å². The molecule has 0 amide bonds. The second-order valence-corrected chi connectivity index (χ2v) is 10.4. The monoisotopic (exact) mass is 543 g/mol. The van der Waals surface area contributed by atoms with E-state index in [1.165, 1.54) is 22.4 Å². The topological polar surface area (TPSA) is 64.7 Å². The number of rotatable bonds is 12. The summed E-state index contributed by atoms with van der Waals surface area (Å²) < 4.78 is 28.2. The number of hydrogen-bond donors (Lipinski definition) is 1. The number of ether oxygens (including phenoxy) is 5. The van der Waals surface area contributed by atoms with Gasteiger partial charge in [-0.15, -0.1) is 0 Å². The summed E-state index contributed by atoms with van der Waals surface area (Å²) in [5, 5.41) is 3.80. The summed E-state index contributed by atoms with van der Waals surface area (Å²) in [4.78, 5) is 4.99. The SMILES string of the molecule is CCCCN1C(CN(Cc2ccc3c(c2)OCO3)Cc2ccc3c(c2)OCO3)=C(COC)NC1c1ccccc1. The van der Waals surface area contributed by atoms with Crippen molar-refractivity contribution in [2.45, 2.75) is 39.0 Å². The predicted octanol–water partition coefficient (Wildman–Crippen LogP) is 5.41. The fourth-order valence-electron chi connectivity index (χ4n) is 5.58. The van der Waals surface area contributed by atoms with Gasteiger partial charge in [-0.2, -0.15) is 0 Å². The molecule has 0 saturated carbocycles. The van der Waals surface area contributed by atoms with Gasteiger partial charge < -0.3 is 33.9 Å². The van der Waals surface area contributed by atoms with Crippen molar-refractivity contribution in [3.63, 3.8) is 0 Å². The summed E-state index contributed by atoms with van der Waals surface area (Å²) in [6.45, 7) is 6.51. The number of fused-ring (bicyclic) bond motifs is 2. The number of unbranched alkanes of at least 4 members (excludes halogenated alkanes) is 1.